The zero-order valence-corrected chi connectivity index (χ0v) is 10.7. The highest BCUT2D eigenvalue weighted by atomic mass is 79.9. The Labute approximate surface area is 99.2 Å². The Kier molecular flexibility index (Phi) is 4.82. The Morgan fingerprint density at radius 3 is 2.40 bits per heavy atom. The van der Waals surface area contributed by atoms with Crippen molar-refractivity contribution in [1.82, 2.24) is 0 Å². The molecule has 1 amide bonds. The summed E-state index contributed by atoms with van der Waals surface area (Å²) in [7, 11) is 0. The Morgan fingerprint density at radius 2 is 1.93 bits per heavy atom. The topological polar surface area (TPSA) is 29.1 Å². The number of carbonyl (C=O) groups excluding carboxylic acids is 1. The standard InChI is InChI=1S/C12H16BrNO/c1-9(2)7-10-3-5-11(6-4-10)14-12(15)8-13/h3-6,9H,7-8H2,1-2H3,(H,14,15). The number of hydrogen-bond donors (Lipinski definition) is 1. The first-order valence-electron chi connectivity index (χ1n) is 5.06. The van der Waals surface area contributed by atoms with E-state index in [1.54, 1.807) is 0 Å². The molecule has 0 fully saturated rings. The Hall–Kier alpha value is -0.830. The van der Waals surface area contributed by atoms with E-state index >= 15 is 0 Å². The number of anilines is 1. The zero-order valence-electron chi connectivity index (χ0n) is 9.09. The van der Waals surface area contributed by atoms with Crippen LogP contribution in [0.2, 0.25) is 0 Å². The molecule has 0 aliphatic heterocycles. The maximum atomic E-state index is 11.1. The molecule has 0 heterocycles. The Bertz CT molecular complexity index is 319. The summed E-state index contributed by atoms with van der Waals surface area (Å²) in [6.07, 6.45) is 1.08. The predicted octanol–water partition coefficient (Wildman–Crippen LogP) is 3.22. The molecule has 1 rings (SSSR count). The van der Waals surface area contributed by atoms with Crippen LogP contribution in [-0.2, 0) is 11.2 Å². The SMILES string of the molecule is CC(C)Cc1ccc(NC(=O)CBr)cc1. The fraction of sp³-hybridized carbons (Fsp3) is 0.417. The first kappa shape index (κ1) is 12.2. The van der Waals surface area contributed by atoms with Crippen LogP contribution in [0.15, 0.2) is 24.3 Å². The van der Waals surface area contributed by atoms with Crippen molar-refractivity contribution >= 4 is 27.5 Å². The normalized spacial score (nSPS) is 10.4. The van der Waals surface area contributed by atoms with Crippen LogP contribution in [-0.4, -0.2) is 11.2 Å². The molecular formula is C12H16BrNO. The van der Waals surface area contributed by atoms with Gasteiger partial charge < -0.3 is 5.32 Å². The third kappa shape index (κ3) is 4.47. The highest BCUT2D eigenvalue weighted by Crippen LogP contribution is 2.13. The van der Waals surface area contributed by atoms with Gasteiger partial charge in [0.25, 0.3) is 0 Å². The Morgan fingerprint density at radius 1 is 1.33 bits per heavy atom. The second-order valence-corrected chi connectivity index (χ2v) is 4.54. The third-order valence-corrected chi connectivity index (χ3v) is 2.51. The van der Waals surface area contributed by atoms with Gasteiger partial charge in [0.15, 0.2) is 0 Å². The van der Waals surface area contributed by atoms with Crippen molar-refractivity contribution in [2.45, 2.75) is 20.3 Å². The van der Waals surface area contributed by atoms with E-state index in [-0.39, 0.29) is 5.91 Å². The average Bonchev–Trinajstić information content (AvgIpc) is 2.20. The van der Waals surface area contributed by atoms with Crippen LogP contribution in [0.1, 0.15) is 19.4 Å². The molecule has 0 saturated carbocycles. The van der Waals surface area contributed by atoms with Crippen LogP contribution in [0.3, 0.4) is 0 Å². The summed E-state index contributed by atoms with van der Waals surface area (Å²) >= 11 is 3.11. The highest BCUT2D eigenvalue weighted by Gasteiger charge is 2.00. The molecule has 0 atom stereocenters. The van der Waals surface area contributed by atoms with Gasteiger partial charge >= 0.3 is 0 Å². The molecule has 1 aromatic carbocycles. The number of alkyl halides is 1. The molecule has 1 aromatic rings. The molecule has 0 bridgehead atoms. The molecule has 0 spiro atoms. The fourth-order valence-electron chi connectivity index (χ4n) is 1.39. The minimum absolute atomic E-state index is 0.0217. The number of hydrogen-bond acceptors (Lipinski definition) is 1. The first-order valence-corrected chi connectivity index (χ1v) is 6.18. The van der Waals surface area contributed by atoms with Gasteiger partial charge in [-0.2, -0.15) is 0 Å². The number of nitrogens with one attached hydrogen (secondary N) is 1. The minimum atomic E-state index is -0.0217. The van der Waals surface area contributed by atoms with E-state index in [4.69, 9.17) is 0 Å². The number of halogens is 1. The molecule has 0 aliphatic rings. The van der Waals surface area contributed by atoms with E-state index in [1.807, 2.05) is 12.1 Å². The van der Waals surface area contributed by atoms with E-state index < -0.39 is 0 Å². The average molecular weight is 270 g/mol. The molecule has 82 valence electrons. The van der Waals surface area contributed by atoms with Gasteiger partial charge in [0.1, 0.15) is 0 Å². The van der Waals surface area contributed by atoms with Gasteiger partial charge in [-0.05, 0) is 30.0 Å². The van der Waals surface area contributed by atoms with E-state index in [9.17, 15) is 4.79 Å². The number of benzene rings is 1. The lowest BCUT2D eigenvalue weighted by Gasteiger charge is -2.07. The summed E-state index contributed by atoms with van der Waals surface area (Å²) in [6, 6.07) is 8.00. The molecule has 3 heteroatoms. The summed E-state index contributed by atoms with van der Waals surface area (Å²) in [6.45, 7) is 4.39. The van der Waals surface area contributed by atoms with Crippen LogP contribution in [0.5, 0.6) is 0 Å². The largest absolute Gasteiger partial charge is 0.325 e. The van der Waals surface area contributed by atoms with Gasteiger partial charge in [-0.25, -0.2) is 0 Å². The zero-order chi connectivity index (χ0) is 11.3. The van der Waals surface area contributed by atoms with Gasteiger partial charge in [0, 0.05) is 5.69 Å². The quantitative estimate of drug-likeness (QED) is 0.836. The summed E-state index contributed by atoms with van der Waals surface area (Å²) in [4.78, 5) is 11.1. The van der Waals surface area contributed by atoms with Crippen molar-refractivity contribution in [3.05, 3.63) is 29.8 Å². The summed E-state index contributed by atoms with van der Waals surface area (Å²) in [5.74, 6) is 0.639. The molecule has 0 radical (unpaired) electrons. The van der Waals surface area contributed by atoms with Crippen molar-refractivity contribution in [3.63, 3.8) is 0 Å². The summed E-state index contributed by atoms with van der Waals surface area (Å²) in [5, 5.41) is 3.12. The van der Waals surface area contributed by atoms with E-state index in [1.165, 1.54) is 5.56 Å². The van der Waals surface area contributed by atoms with E-state index in [0.29, 0.717) is 11.2 Å². The number of rotatable bonds is 4. The molecule has 0 aliphatic carbocycles. The van der Waals surface area contributed by atoms with Crippen molar-refractivity contribution in [1.29, 1.82) is 0 Å². The summed E-state index contributed by atoms with van der Waals surface area (Å²) in [5.41, 5.74) is 2.16. The lowest BCUT2D eigenvalue weighted by atomic mass is 10.0. The van der Waals surface area contributed by atoms with Gasteiger partial charge in [-0.15, -0.1) is 0 Å². The molecule has 15 heavy (non-hydrogen) atoms. The molecular weight excluding hydrogens is 254 g/mol. The van der Waals surface area contributed by atoms with Crippen molar-refractivity contribution in [2.24, 2.45) is 5.92 Å². The smallest absolute Gasteiger partial charge is 0.235 e. The third-order valence-electron chi connectivity index (χ3n) is 2.00. The van der Waals surface area contributed by atoms with Gasteiger partial charge in [0.2, 0.25) is 5.91 Å². The number of amides is 1. The lowest BCUT2D eigenvalue weighted by molar-refractivity contribution is -0.113. The van der Waals surface area contributed by atoms with Gasteiger partial charge in [-0.1, -0.05) is 41.9 Å². The van der Waals surface area contributed by atoms with Crippen LogP contribution < -0.4 is 5.32 Å². The molecule has 1 N–H and O–H groups in total. The second kappa shape index (κ2) is 5.91. The lowest BCUT2D eigenvalue weighted by Crippen LogP contribution is -2.12. The van der Waals surface area contributed by atoms with Crippen molar-refractivity contribution in [3.8, 4) is 0 Å². The fourth-order valence-corrected chi connectivity index (χ4v) is 1.53. The number of carbonyl (C=O) groups is 1. The summed E-state index contributed by atoms with van der Waals surface area (Å²) < 4.78 is 0. The van der Waals surface area contributed by atoms with Crippen molar-refractivity contribution < 1.29 is 4.79 Å². The maximum Gasteiger partial charge on any atom is 0.235 e. The van der Waals surface area contributed by atoms with Crippen LogP contribution in [0, 0.1) is 5.92 Å². The van der Waals surface area contributed by atoms with Gasteiger partial charge in [-0.3, -0.25) is 4.79 Å². The van der Waals surface area contributed by atoms with Crippen molar-refractivity contribution in [2.75, 3.05) is 10.6 Å². The van der Waals surface area contributed by atoms with Gasteiger partial charge in [0.05, 0.1) is 5.33 Å². The molecule has 2 nitrogen and oxygen atoms in total. The second-order valence-electron chi connectivity index (χ2n) is 3.98. The molecule has 0 saturated heterocycles. The van der Waals surface area contributed by atoms with E-state index in [0.717, 1.165) is 12.1 Å². The minimum Gasteiger partial charge on any atom is -0.325 e. The Balaban J connectivity index is 2.60. The van der Waals surface area contributed by atoms with Crippen LogP contribution in [0.4, 0.5) is 5.69 Å². The highest BCUT2D eigenvalue weighted by molar-refractivity contribution is 9.09. The van der Waals surface area contributed by atoms with Crippen LogP contribution >= 0.6 is 15.9 Å². The molecule has 0 aromatic heterocycles. The van der Waals surface area contributed by atoms with Crippen LogP contribution in [0.25, 0.3) is 0 Å². The first-order chi connectivity index (χ1) is 7.11. The molecule has 0 unspecified atom stereocenters. The maximum absolute atomic E-state index is 11.1. The van der Waals surface area contributed by atoms with E-state index in [2.05, 4.69) is 47.2 Å². The monoisotopic (exact) mass is 269 g/mol. The predicted molar refractivity (Wildman–Crippen MR) is 67.4 cm³/mol.